The lowest BCUT2D eigenvalue weighted by Crippen LogP contribution is -2.49. The van der Waals surface area contributed by atoms with E-state index in [1.54, 1.807) is 0 Å². The summed E-state index contributed by atoms with van der Waals surface area (Å²) < 4.78 is 6.37. The van der Waals surface area contributed by atoms with E-state index in [4.69, 9.17) is 4.74 Å². The summed E-state index contributed by atoms with van der Waals surface area (Å²) >= 11 is 3.50. The summed E-state index contributed by atoms with van der Waals surface area (Å²) in [5, 5.41) is 3.13. The number of hydrogen-bond donors (Lipinski definition) is 1. The van der Waals surface area contributed by atoms with Crippen LogP contribution in [-0.2, 0) is 14.3 Å². The van der Waals surface area contributed by atoms with Crippen molar-refractivity contribution in [3.05, 3.63) is 58.7 Å². The van der Waals surface area contributed by atoms with Crippen LogP contribution in [0.4, 0.5) is 0 Å². The van der Waals surface area contributed by atoms with Gasteiger partial charge in [-0.1, -0.05) is 53.6 Å². The van der Waals surface area contributed by atoms with Gasteiger partial charge in [0.25, 0.3) is 0 Å². The number of hydrogen-bond acceptors (Lipinski definition) is 5. The molecule has 1 aromatic carbocycles. The number of halogens is 1. The van der Waals surface area contributed by atoms with E-state index in [2.05, 4.69) is 57.2 Å². The quantitative estimate of drug-likeness (QED) is 0.393. The summed E-state index contributed by atoms with van der Waals surface area (Å²) in [6, 6.07) is 7.06. The Labute approximate surface area is 224 Å². The lowest BCUT2D eigenvalue weighted by molar-refractivity contribution is -0.143. The highest BCUT2D eigenvalue weighted by molar-refractivity contribution is 9.10. The van der Waals surface area contributed by atoms with Gasteiger partial charge in [-0.05, 0) is 49.7 Å². The van der Waals surface area contributed by atoms with E-state index >= 15 is 0 Å². The monoisotopic (exact) mass is 560 g/mol. The molecular weight excluding hydrogens is 520 g/mol. The van der Waals surface area contributed by atoms with Crippen LogP contribution in [0.25, 0.3) is 0 Å². The molecule has 2 atom stereocenters. The smallest absolute Gasteiger partial charge is 0.247 e. The summed E-state index contributed by atoms with van der Waals surface area (Å²) in [4.78, 5) is 33.7. The molecule has 198 valence electrons. The molecule has 1 saturated heterocycles. The van der Waals surface area contributed by atoms with Crippen LogP contribution in [0.3, 0.4) is 0 Å². The first-order valence-corrected chi connectivity index (χ1v) is 14.0. The maximum absolute atomic E-state index is 13.7. The molecule has 2 heterocycles. The zero-order chi connectivity index (χ0) is 25.8. The van der Waals surface area contributed by atoms with Crippen molar-refractivity contribution in [1.29, 1.82) is 0 Å². The molecule has 0 radical (unpaired) electrons. The number of carbonyl (C=O) groups excluding carboxylic acids is 2. The largest absolute Gasteiger partial charge is 0.379 e. The fraction of sp³-hybridized carbons (Fsp3) is 0.571. The van der Waals surface area contributed by atoms with Gasteiger partial charge in [0, 0.05) is 56.2 Å². The maximum atomic E-state index is 13.7. The minimum atomic E-state index is -0.658. The Hall–Kier alpha value is -2.16. The van der Waals surface area contributed by atoms with Gasteiger partial charge in [-0.2, -0.15) is 0 Å². The number of amides is 2. The van der Waals surface area contributed by atoms with Gasteiger partial charge in [-0.25, -0.2) is 0 Å². The highest BCUT2D eigenvalue weighted by Crippen LogP contribution is 2.28. The van der Waals surface area contributed by atoms with E-state index in [-0.39, 0.29) is 17.9 Å². The van der Waals surface area contributed by atoms with E-state index < -0.39 is 6.04 Å². The third-order valence-electron chi connectivity index (χ3n) is 6.73. The van der Waals surface area contributed by atoms with E-state index in [9.17, 15) is 9.59 Å². The van der Waals surface area contributed by atoms with Gasteiger partial charge in [0.2, 0.25) is 11.8 Å². The summed E-state index contributed by atoms with van der Waals surface area (Å²) in [6.45, 7) is 10.4. The number of nitrogens with one attached hydrogen (secondary N) is 1. The van der Waals surface area contributed by atoms with Crippen molar-refractivity contribution >= 4 is 27.7 Å². The molecule has 0 saturated carbocycles. The Morgan fingerprint density at radius 1 is 1.14 bits per heavy atom. The Balaban J connectivity index is 1.73. The van der Waals surface area contributed by atoms with Crippen molar-refractivity contribution in [2.24, 2.45) is 0 Å². The second-order valence-electron chi connectivity index (χ2n) is 9.51. The molecule has 2 aliphatic rings. The van der Waals surface area contributed by atoms with Gasteiger partial charge in [0.15, 0.2) is 0 Å². The van der Waals surface area contributed by atoms with Gasteiger partial charge < -0.3 is 19.9 Å². The van der Waals surface area contributed by atoms with Crippen LogP contribution in [0.1, 0.15) is 51.1 Å². The van der Waals surface area contributed by atoms with Crippen molar-refractivity contribution in [2.75, 3.05) is 52.5 Å². The average Bonchev–Trinajstić information content (AvgIpc) is 2.89. The molecule has 36 heavy (non-hydrogen) atoms. The Kier molecular flexibility index (Phi) is 12.0. The standard InChI is InChI=1S/C28H41BrN4O3/c1-3-8-23(2)33(26(34)9-7-17-31-15-5-4-6-16-31)27(24-10-12-25(29)13-11-24)28(35)30-14-18-32-19-21-36-22-20-32/h4-6,10-13,15,23,27H,3,7-9,14,16-22H2,1-2H3,(H,30,35). The summed E-state index contributed by atoms with van der Waals surface area (Å²) in [5.74, 6) is -0.0882. The predicted octanol–water partition coefficient (Wildman–Crippen LogP) is 4.12. The van der Waals surface area contributed by atoms with Gasteiger partial charge in [-0.15, -0.1) is 0 Å². The van der Waals surface area contributed by atoms with E-state index in [0.29, 0.717) is 13.0 Å². The van der Waals surface area contributed by atoms with Gasteiger partial charge in [-0.3, -0.25) is 14.5 Å². The lowest BCUT2D eigenvalue weighted by atomic mass is 9.99. The van der Waals surface area contributed by atoms with Crippen molar-refractivity contribution in [2.45, 2.75) is 51.6 Å². The number of carbonyl (C=O) groups is 2. The van der Waals surface area contributed by atoms with Gasteiger partial charge in [0.1, 0.15) is 6.04 Å². The zero-order valence-corrected chi connectivity index (χ0v) is 23.3. The van der Waals surface area contributed by atoms with Crippen molar-refractivity contribution < 1.29 is 14.3 Å². The molecule has 2 aliphatic heterocycles. The third kappa shape index (κ3) is 8.75. The van der Waals surface area contributed by atoms with E-state index in [1.807, 2.05) is 41.3 Å². The predicted molar refractivity (Wildman–Crippen MR) is 147 cm³/mol. The number of morpholine rings is 1. The Bertz CT molecular complexity index is 883. The molecule has 2 unspecified atom stereocenters. The minimum absolute atomic E-state index is 0.0312. The summed E-state index contributed by atoms with van der Waals surface area (Å²) in [7, 11) is 0. The molecule has 1 aromatic rings. The molecule has 0 spiro atoms. The highest BCUT2D eigenvalue weighted by Gasteiger charge is 2.34. The minimum Gasteiger partial charge on any atom is -0.379 e. The van der Waals surface area contributed by atoms with Gasteiger partial charge >= 0.3 is 0 Å². The Morgan fingerprint density at radius 3 is 2.56 bits per heavy atom. The molecule has 3 rings (SSSR count). The van der Waals surface area contributed by atoms with Crippen LogP contribution >= 0.6 is 15.9 Å². The second kappa shape index (κ2) is 15.2. The lowest BCUT2D eigenvalue weighted by Gasteiger charge is -2.37. The van der Waals surface area contributed by atoms with Crippen LogP contribution in [0, 0.1) is 0 Å². The highest BCUT2D eigenvalue weighted by atomic mass is 79.9. The first-order chi connectivity index (χ1) is 17.5. The molecule has 1 fully saturated rings. The average molecular weight is 562 g/mol. The van der Waals surface area contributed by atoms with Crippen LogP contribution in [-0.4, -0.2) is 85.0 Å². The van der Waals surface area contributed by atoms with Crippen LogP contribution in [0.2, 0.25) is 0 Å². The number of nitrogens with zero attached hydrogens (tertiary/aromatic N) is 3. The molecule has 2 amide bonds. The third-order valence-corrected chi connectivity index (χ3v) is 7.26. The number of allylic oxidation sites excluding steroid dienone is 2. The number of ether oxygens (including phenoxy) is 1. The van der Waals surface area contributed by atoms with Crippen LogP contribution in [0.15, 0.2) is 53.2 Å². The fourth-order valence-corrected chi connectivity index (χ4v) is 5.04. The van der Waals surface area contributed by atoms with Crippen molar-refractivity contribution in [3.63, 3.8) is 0 Å². The van der Waals surface area contributed by atoms with E-state index in [0.717, 1.165) is 75.2 Å². The fourth-order valence-electron chi connectivity index (χ4n) is 4.78. The van der Waals surface area contributed by atoms with E-state index in [1.165, 1.54) is 0 Å². The normalized spacial score (nSPS) is 17.6. The maximum Gasteiger partial charge on any atom is 0.247 e. The molecule has 8 heteroatoms. The molecule has 7 nitrogen and oxygen atoms in total. The molecule has 0 aromatic heterocycles. The van der Waals surface area contributed by atoms with Gasteiger partial charge in [0.05, 0.1) is 13.2 Å². The second-order valence-corrected chi connectivity index (χ2v) is 10.4. The first kappa shape index (κ1) is 28.4. The molecule has 0 bridgehead atoms. The number of rotatable bonds is 13. The SMILES string of the molecule is CCCC(C)N(C(=O)CCCN1C=CC=CC1)C(C(=O)NCCN1CCOCC1)c1ccc(Br)cc1. The summed E-state index contributed by atoms with van der Waals surface area (Å²) in [5.41, 5.74) is 0.836. The molecule has 1 N–H and O–H groups in total. The summed E-state index contributed by atoms with van der Waals surface area (Å²) in [6.07, 6.45) is 11.2. The topological polar surface area (TPSA) is 65.1 Å². The van der Waals surface area contributed by atoms with Crippen LogP contribution in [0.5, 0.6) is 0 Å². The van der Waals surface area contributed by atoms with Crippen LogP contribution < -0.4 is 5.32 Å². The Morgan fingerprint density at radius 2 is 1.89 bits per heavy atom. The zero-order valence-electron chi connectivity index (χ0n) is 21.7. The first-order valence-electron chi connectivity index (χ1n) is 13.2. The number of benzene rings is 1. The van der Waals surface area contributed by atoms with Crippen molar-refractivity contribution in [3.8, 4) is 0 Å². The molecule has 0 aliphatic carbocycles. The van der Waals surface area contributed by atoms with Crippen molar-refractivity contribution in [1.82, 2.24) is 20.0 Å². The molecular formula is C28H41BrN4O3.